The van der Waals surface area contributed by atoms with Crippen molar-refractivity contribution in [2.75, 3.05) is 32.1 Å². The molecule has 4 atom stereocenters. The number of nitrogens with zero attached hydrogens (tertiary/aromatic N) is 3. The Morgan fingerprint density at radius 1 is 1.06 bits per heavy atom. The molecule has 3 N–H and O–H groups in total. The monoisotopic (exact) mass is 485 g/mol. The Labute approximate surface area is 208 Å². The second kappa shape index (κ2) is 10.8. The maximum absolute atomic E-state index is 13.6. The van der Waals surface area contributed by atoms with Crippen LogP contribution in [0.2, 0.25) is 0 Å². The van der Waals surface area contributed by atoms with Gasteiger partial charge in [0.25, 0.3) is 5.91 Å². The van der Waals surface area contributed by atoms with Crippen LogP contribution in [0.4, 0.5) is 5.69 Å². The molecule has 1 aromatic carbocycles. The van der Waals surface area contributed by atoms with Crippen molar-refractivity contribution in [3.63, 3.8) is 0 Å². The molecule has 9 heteroatoms. The normalized spacial score (nSPS) is 21.3. The molecule has 3 rings (SSSR count). The van der Waals surface area contributed by atoms with Crippen molar-refractivity contribution in [2.24, 2.45) is 17.6 Å². The summed E-state index contributed by atoms with van der Waals surface area (Å²) in [6.07, 6.45) is 0.969. The molecule has 0 aliphatic carbocycles. The largest absolute Gasteiger partial charge is 0.378 e. The standard InChI is InChI=1S/C26H39N5O4/c1-15(2)13-19(28-24(33)17-7-9-18(10-8-17)29(5)6)25(34)30-12-11-20-23(30)21(32)14-31(20)26(35)22(27)16(3)4/h7-10,15-16,19-20,22-23H,11-14,27H2,1-6H3,(H,28,33)/t19-,20+,22-,23-/m0/s1. The average molecular weight is 486 g/mol. The molecule has 0 aromatic heterocycles. The number of hydrogen-bond donors (Lipinski definition) is 2. The van der Waals surface area contributed by atoms with Gasteiger partial charge in [0, 0.05) is 31.9 Å². The van der Waals surface area contributed by atoms with Crippen LogP contribution in [-0.2, 0) is 14.4 Å². The number of amides is 3. The van der Waals surface area contributed by atoms with Crippen molar-refractivity contribution < 1.29 is 19.2 Å². The van der Waals surface area contributed by atoms with Crippen LogP contribution < -0.4 is 16.0 Å². The minimum absolute atomic E-state index is 0.0300. The zero-order valence-electron chi connectivity index (χ0n) is 21.7. The lowest BCUT2D eigenvalue weighted by Gasteiger charge is -2.29. The Kier molecular flexibility index (Phi) is 8.20. The molecule has 2 aliphatic rings. The number of carbonyl (C=O) groups excluding carboxylic acids is 4. The lowest BCUT2D eigenvalue weighted by atomic mass is 10.0. The number of anilines is 1. The number of fused-ring (bicyclic) bond motifs is 1. The van der Waals surface area contributed by atoms with Crippen LogP contribution in [-0.4, -0.2) is 84.7 Å². The van der Waals surface area contributed by atoms with Gasteiger partial charge in [0.05, 0.1) is 18.6 Å². The Bertz CT molecular complexity index is 959. The van der Waals surface area contributed by atoms with Crippen molar-refractivity contribution in [1.29, 1.82) is 0 Å². The van der Waals surface area contributed by atoms with E-state index in [2.05, 4.69) is 5.32 Å². The van der Waals surface area contributed by atoms with Crippen LogP contribution in [0.15, 0.2) is 24.3 Å². The topological polar surface area (TPSA) is 116 Å². The van der Waals surface area contributed by atoms with Gasteiger partial charge in [-0.2, -0.15) is 0 Å². The smallest absolute Gasteiger partial charge is 0.251 e. The summed E-state index contributed by atoms with van der Waals surface area (Å²) in [5, 5.41) is 2.90. The van der Waals surface area contributed by atoms with Crippen LogP contribution in [0.5, 0.6) is 0 Å². The molecular weight excluding hydrogens is 446 g/mol. The third-order valence-corrected chi connectivity index (χ3v) is 6.95. The SMILES string of the molecule is CC(C)C[C@H](NC(=O)c1ccc(N(C)C)cc1)C(=O)N1CC[C@@H]2[C@H]1C(=O)CN2C(=O)[C@@H](N)C(C)C. The highest BCUT2D eigenvalue weighted by Gasteiger charge is 2.52. The quantitative estimate of drug-likeness (QED) is 0.573. The number of rotatable bonds is 8. The van der Waals surface area contributed by atoms with Crippen LogP contribution in [0.3, 0.4) is 0 Å². The summed E-state index contributed by atoms with van der Waals surface area (Å²) < 4.78 is 0. The first-order chi connectivity index (χ1) is 16.4. The maximum atomic E-state index is 13.6. The molecule has 35 heavy (non-hydrogen) atoms. The van der Waals surface area contributed by atoms with Gasteiger partial charge in [0.2, 0.25) is 11.8 Å². The Hall–Kier alpha value is -2.94. The number of hydrogen-bond acceptors (Lipinski definition) is 6. The van der Waals surface area contributed by atoms with Gasteiger partial charge in [-0.15, -0.1) is 0 Å². The first kappa shape index (κ1) is 26.7. The van der Waals surface area contributed by atoms with Crippen molar-refractivity contribution in [3.8, 4) is 0 Å². The fourth-order valence-corrected chi connectivity index (χ4v) is 4.88. The van der Waals surface area contributed by atoms with Gasteiger partial charge in [0.1, 0.15) is 12.1 Å². The summed E-state index contributed by atoms with van der Waals surface area (Å²) in [6.45, 7) is 8.05. The first-order valence-corrected chi connectivity index (χ1v) is 12.4. The summed E-state index contributed by atoms with van der Waals surface area (Å²) >= 11 is 0. The first-order valence-electron chi connectivity index (χ1n) is 12.4. The van der Waals surface area contributed by atoms with Gasteiger partial charge in [-0.25, -0.2) is 0 Å². The highest BCUT2D eigenvalue weighted by molar-refractivity contribution is 6.01. The average Bonchev–Trinajstić information content (AvgIpc) is 3.38. The van der Waals surface area contributed by atoms with Gasteiger partial charge in [0.15, 0.2) is 5.78 Å². The summed E-state index contributed by atoms with van der Waals surface area (Å²) in [5.74, 6) is -0.904. The van der Waals surface area contributed by atoms with Crippen molar-refractivity contribution in [2.45, 2.75) is 64.7 Å². The lowest BCUT2D eigenvalue weighted by Crippen LogP contribution is -2.53. The highest BCUT2D eigenvalue weighted by atomic mass is 16.2. The Morgan fingerprint density at radius 3 is 2.23 bits per heavy atom. The Morgan fingerprint density at radius 2 is 1.69 bits per heavy atom. The molecule has 3 amide bonds. The molecule has 2 aliphatic heterocycles. The minimum atomic E-state index is -0.759. The molecule has 0 saturated carbocycles. The van der Waals surface area contributed by atoms with E-state index in [1.165, 1.54) is 0 Å². The fraction of sp³-hybridized carbons (Fsp3) is 0.615. The molecule has 192 valence electrons. The van der Waals surface area contributed by atoms with E-state index in [1.807, 2.05) is 58.8 Å². The lowest BCUT2D eigenvalue weighted by molar-refractivity contribution is -0.138. The van der Waals surface area contributed by atoms with Gasteiger partial charge < -0.3 is 25.8 Å². The number of likely N-dealkylation sites (tertiary alicyclic amines) is 2. The molecule has 0 unspecified atom stereocenters. The molecule has 2 heterocycles. The Balaban J connectivity index is 1.76. The van der Waals surface area contributed by atoms with Gasteiger partial charge >= 0.3 is 0 Å². The fourth-order valence-electron chi connectivity index (χ4n) is 4.88. The van der Waals surface area contributed by atoms with E-state index in [0.717, 1.165) is 5.69 Å². The molecule has 1 aromatic rings. The van der Waals surface area contributed by atoms with Crippen LogP contribution in [0.1, 0.15) is 50.9 Å². The van der Waals surface area contributed by atoms with Crippen LogP contribution in [0, 0.1) is 11.8 Å². The van der Waals surface area contributed by atoms with E-state index < -0.39 is 18.1 Å². The minimum Gasteiger partial charge on any atom is -0.378 e. The predicted octanol–water partition coefficient (Wildman–Crippen LogP) is 1.26. The number of benzene rings is 1. The third-order valence-electron chi connectivity index (χ3n) is 6.95. The molecule has 2 saturated heterocycles. The van der Waals surface area contributed by atoms with E-state index in [4.69, 9.17) is 5.73 Å². The zero-order valence-corrected chi connectivity index (χ0v) is 21.7. The molecule has 0 spiro atoms. The molecule has 0 radical (unpaired) electrons. The second-order valence-corrected chi connectivity index (χ2v) is 10.6. The van der Waals surface area contributed by atoms with Gasteiger partial charge in [-0.05, 0) is 48.9 Å². The molecule has 9 nitrogen and oxygen atoms in total. The second-order valence-electron chi connectivity index (χ2n) is 10.6. The van der Waals surface area contributed by atoms with E-state index in [9.17, 15) is 19.2 Å². The van der Waals surface area contributed by atoms with Crippen molar-refractivity contribution in [1.82, 2.24) is 15.1 Å². The molecule has 0 bridgehead atoms. The van der Waals surface area contributed by atoms with Crippen LogP contribution >= 0.6 is 0 Å². The highest BCUT2D eigenvalue weighted by Crippen LogP contribution is 2.31. The van der Waals surface area contributed by atoms with E-state index in [0.29, 0.717) is 24.9 Å². The zero-order chi connectivity index (χ0) is 26.0. The number of carbonyl (C=O) groups is 4. The van der Waals surface area contributed by atoms with Gasteiger partial charge in [-0.3, -0.25) is 19.2 Å². The number of ketones is 1. The van der Waals surface area contributed by atoms with Crippen LogP contribution in [0.25, 0.3) is 0 Å². The summed E-state index contributed by atoms with van der Waals surface area (Å²) in [4.78, 5) is 57.5. The maximum Gasteiger partial charge on any atom is 0.251 e. The number of Topliss-reactive ketones (excluding diaryl/α,β-unsaturated/α-hetero) is 1. The summed E-state index contributed by atoms with van der Waals surface area (Å²) in [7, 11) is 3.84. The summed E-state index contributed by atoms with van der Waals surface area (Å²) in [5.41, 5.74) is 7.50. The van der Waals surface area contributed by atoms with Gasteiger partial charge in [-0.1, -0.05) is 27.7 Å². The van der Waals surface area contributed by atoms with Crippen molar-refractivity contribution in [3.05, 3.63) is 29.8 Å². The van der Waals surface area contributed by atoms with E-state index >= 15 is 0 Å². The summed E-state index contributed by atoms with van der Waals surface area (Å²) in [6, 6.07) is 4.68. The molecular formula is C26H39N5O4. The van der Waals surface area contributed by atoms with E-state index in [1.54, 1.807) is 21.9 Å². The number of nitrogens with two attached hydrogens (primary N) is 1. The number of nitrogens with one attached hydrogen (secondary N) is 1. The third kappa shape index (κ3) is 5.66. The molecule has 2 fully saturated rings. The van der Waals surface area contributed by atoms with Crippen molar-refractivity contribution >= 4 is 29.2 Å². The predicted molar refractivity (Wildman–Crippen MR) is 135 cm³/mol. The van der Waals surface area contributed by atoms with E-state index in [-0.39, 0.29) is 47.9 Å².